The van der Waals surface area contributed by atoms with Crippen molar-refractivity contribution in [1.29, 1.82) is 0 Å². The Labute approximate surface area is 139 Å². The number of pyridine rings is 1. The van der Waals surface area contributed by atoms with Crippen LogP contribution >= 0.6 is 0 Å². The molecule has 2 aromatic rings. The average Bonchev–Trinajstić information content (AvgIpc) is 3.08. The van der Waals surface area contributed by atoms with E-state index in [1.165, 1.54) is 31.2 Å². The second-order valence-electron chi connectivity index (χ2n) is 6.23. The van der Waals surface area contributed by atoms with E-state index in [1.807, 2.05) is 25.1 Å². The monoisotopic (exact) mass is 310 g/mol. The number of aromatic nitrogens is 1. The molecule has 0 spiro atoms. The Bertz CT molecular complexity index is 648. The molecular weight excluding hydrogens is 284 g/mol. The van der Waals surface area contributed by atoms with Gasteiger partial charge in [0.15, 0.2) is 0 Å². The van der Waals surface area contributed by atoms with E-state index in [1.54, 1.807) is 0 Å². The Balaban J connectivity index is 1.76. The summed E-state index contributed by atoms with van der Waals surface area (Å²) in [5.74, 6) is 0.902. The van der Waals surface area contributed by atoms with Crippen LogP contribution in [-0.4, -0.2) is 17.6 Å². The number of aryl methyl sites for hydroxylation is 1. The number of nitrogens with one attached hydrogen (secondary N) is 1. The summed E-state index contributed by atoms with van der Waals surface area (Å²) in [5, 5.41) is 3.66. The van der Waals surface area contributed by atoms with E-state index >= 15 is 0 Å². The standard InChI is InChI=1S/C20H26N2O/c1-3-23-20-11-7-6-10-18(20)19-13-12-16(15(2)22-19)14-21-17-8-4-5-9-17/h6-7,10-13,17,21H,3-5,8-9,14H2,1-2H3. The van der Waals surface area contributed by atoms with Crippen molar-refractivity contribution in [3.8, 4) is 17.0 Å². The van der Waals surface area contributed by atoms with Gasteiger partial charge in [-0.15, -0.1) is 0 Å². The largest absolute Gasteiger partial charge is 0.493 e. The summed E-state index contributed by atoms with van der Waals surface area (Å²) in [6.07, 6.45) is 5.35. The first kappa shape index (κ1) is 16.0. The number of hydrogen-bond donors (Lipinski definition) is 1. The van der Waals surface area contributed by atoms with Gasteiger partial charge < -0.3 is 10.1 Å². The van der Waals surface area contributed by atoms with Gasteiger partial charge >= 0.3 is 0 Å². The lowest BCUT2D eigenvalue weighted by Crippen LogP contribution is -2.25. The Hall–Kier alpha value is -1.87. The summed E-state index contributed by atoms with van der Waals surface area (Å²) in [6, 6.07) is 13.1. The van der Waals surface area contributed by atoms with Crippen LogP contribution in [0.2, 0.25) is 0 Å². The van der Waals surface area contributed by atoms with Gasteiger partial charge in [0.25, 0.3) is 0 Å². The van der Waals surface area contributed by atoms with E-state index in [0.717, 1.165) is 29.2 Å². The lowest BCUT2D eigenvalue weighted by Gasteiger charge is -2.14. The molecule has 1 aromatic heterocycles. The summed E-state index contributed by atoms with van der Waals surface area (Å²) >= 11 is 0. The molecule has 0 bridgehead atoms. The Morgan fingerprint density at radius 1 is 1.13 bits per heavy atom. The van der Waals surface area contributed by atoms with Crippen LogP contribution in [0.15, 0.2) is 36.4 Å². The van der Waals surface area contributed by atoms with E-state index in [9.17, 15) is 0 Å². The van der Waals surface area contributed by atoms with E-state index in [4.69, 9.17) is 9.72 Å². The smallest absolute Gasteiger partial charge is 0.128 e. The zero-order valence-corrected chi connectivity index (χ0v) is 14.1. The first-order chi connectivity index (χ1) is 11.3. The number of rotatable bonds is 6. The molecule has 0 saturated heterocycles. The molecule has 1 N–H and O–H groups in total. The normalized spacial score (nSPS) is 15.0. The minimum absolute atomic E-state index is 0.666. The maximum atomic E-state index is 5.72. The predicted octanol–water partition coefficient (Wildman–Crippen LogP) is 4.49. The molecule has 122 valence electrons. The number of para-hydroxylation sites is 1. The number of nitrogens with zero attached hydrogens (tertiary/aromatic N) is 1. The van der Waals surface area contributed by atoms with Gasteiger partial charge in [-0.3, -0.25) is 4.98 Å². The molecule has 1 aliphatic rings. The molecule has 0 radical (unpaired) electrons. The molecule has 0 amide bonds. The summed E-state index contributed by atoms with van der Waals surface area (Å²) in [7, 11) is 0. The highest BCUT2D eigenvalue weighted by molar-refractivity contribution is 5.67. The molecule has 3 rings (SSSR count). The topological polar surface area (TPSA) is 34.1 Å². The molecule has 1 fully saturated rings. The highest BCUT2D eigenvalue weighted by atomic mass is 16.5. The van der Waals surface area contributed by atoms with E-state index in [0.29, 0.717) is 12.6 Å². The Morgan fingerprint density at radius 3 is 2.65 bits per heavy atom. The third-order valence-corrected chi connectivity index (χ3v) is 4.59. The predicted molar refractivity (Wildman–Crippen MR) is 94.7 cm³/mol. The van der Waals surface area contributed by atoms with Crippen molar-refractivity contribution >= 4 is 0 Å². The van der Waals surface area contributed by atoms with Gasteiger partial charge in [-0.2, -0.15) is 0 Å². The van der Waals surface area contributed by atoms with Gasteiger partial charge in [0.2, 0.25) is 0 Å². The lowest BCUT2D eigenvalue weighted by molar-refractivity contribution is 0.341. The van der Waals surface area contributed by atoms with Crippen molar-refractivity contribution in [2.75, 3.05) is 6.61 Å². The van der Waals surface area contributed by atoms with Crippen molar-refractivity contribution in [1.82, 2.24) is 10.3 Å². The van der Waals surface area contributed by atoms with Crippen LogP contribution in [0.1, 0.15) is 43.9 Å². The number of hydrogen-bond acceptors (Lipinski definition) is 3. The molecule has 1 heterocycles. The fourth-order valence-electron chi connectivity index (χ4n) is 3.27. The van der Waals surface area contributed by atoms with Crippen molar-refractivity contribution < 1.29 is 4.74 Å². The van der Waals surface area contributed by atoms with Gasteiger partial charge in [-0.05, 0) is 50.5 Å². The molecule has 23 heavy (non-hydrogen) atoms. The minimum Gasteiger partial charge on any atom is -0.493 e. The first-order valence-corrected chi connectivity index (χ1v) is 8.70. The quantitative estimate of drug-likeness (QED) is 0.853. The third kappa shape index (κ3) is 3.91. The molecule has 3 nitrogen and oxygen atoms in total. The molecule has 0 atom stereocenters. The second-order valence-corrected chi connectivity index (χ2v) is 6.23. The zero-order valence-electron chi connectivity index (χ0n) is 14.1. The zero-order chi connectivity index (χ0) is 16.1. The van der Waals surface area contributed by atoms with Gasteiger partial charge in [0.05, 0.1) is 12.3 Å². The van der Waals surface area contributed by atoms with Gasteiger partial charge in [0, 0.05) is 23.8 Å². The molecule has 1 aromatic carbocycles. The van der Waals surface area contributed by atoms with Crippen LogP contribution in [0.3, 0.4) is 0 Å². The highest BCUT2D eigenvalue weighted by Gasteiger charge is 2.15. The molecule has 3 heteroatoms. The van der Waals surface area contributed by atoms with Crippen LogP contribution in [0.4, 0.5) is 0 Å². The van der Waals surface area contributed by atoms with Crippen LogP contribution < -0.4 is 10.1 Å². The number of benzene rings is 1. The Morgan fingerprint density at radius 2 is 1.91 bits per heavy atom. The van der Waals surface area contributed by atoms with E-state index < -0.39 is 0 Å². The van der Waals surface area contributed by atoms with Crippen LogP contribution in [-0.2, 0) is 6.54 Å². The lowest BCUT2D eigenvalue weighted by atomic mass is 10.1. The van der Waals surface area contributed by atoms with E-state index in [2.05, 4.69) is 30.4 Å². The summed E-state index contributed by atoms with van der Waals surface area (Å²) in [5.41, 5.74) is 4.43. The third-order valence-electron chi connectivity index (χ3n) is 4.59. The maximum Gasteiger partial charge on any atom is 0.128 e. The SMILES string of the molecule is CCOc1ccccc1-c1ccc(CNC2CCCC2)c(C)n1. The van der Waals surface area contributed by atoms with Crippen molar-refractivity contribution in [3.63, 3.8) is 0 Å². The van der Waals surface area contributed by atoms with Crippen LogP contribution in [0.25, 0.3) is 11.3 Å². The molecule has 0 aliphatic heterocycles. The first-order valence-electron chi connectivity index (χ1n) is 8.70. The molecule has 1 aliphatic carbocycles. The molecule has 0 unspecified atom stereocenters. The minimum atomic E-state index is 0.666. The van der Waals surface area contributed by atoms with Crippen LogP contribution in [0, 0.1) is 6.92 Å². The van der Waals surface area contributed by atoms with Crippen molar-refractivity contribution in [2.45, 2.75) is 52.1 Å². The number of ether oxygens (including phenoxy) is 1. The summed E-state index contributed by atoms with van der Waals surface area (Å²) < 4.78 is 5.72. The van der Waals surface area contributed by atoms with Gasteiger partial charge in [-0.25, -0.2) is 0 Å². The fourth-order valence-corrected chi connectivity index (χ4v) is 3.27. The fraction of sp³-hybridized carbons (Fsp3) is 0.450. The van der Waals surface area contributed by atoms with E-state index in [-0.39, 0.29) is 0 Å². The second kappa shape index (κ2) is 7.60. The average molecular weight is 310 g/mol. The molecular formula is C20H26N2O. The summed E-state index contributed by atoms with van der Waals surface area (Å²) in [6.45, 7) is 5.68. The molecule has 1 saturated carbocycles. The van der Waals surface area contributed by atoms with Gasteiger partial charge in [-0.1, -0.05) is 31.0 Å². The van der Waals surface area contributed by atoms with Crippen LogP contribution in [0.5, 0.6) is 5.75 Å². The van der Waals surface area contributed by atoms with Crippen molar-refractivity contribution in [2.24, 2.45) is 0 Å². The summed E-state index contributed by atoms with van der Waals surface area (Å²) in [4.78, 5) is 4.81. The van der Waals surface area contributed by atoms with Crippen molar-refractivity contribution in [3.05, 3.63) is 47.7 Å². The highest BCUT2D eigenvalue weighted by Crippen LogP contribution is 2.29. The maximum absolute atomic E-state index is 5.72. The van der Waals surface area contributed by atoms with Gasteiger partial charge in [0.1, 0.15) is 5.75 Å². The Kier molecular flexibility index (Phi) is 5.29.